The van der Waals surface area contributed by atoms with Crippen molar-refractivity contribution in [3.8, 4) is 0 Å². The van der Waals surface area contributed by atoms with Crippen molar-refractivity contribution < 1.29 is 18.7 Å². The van der Waals surface area contributed by atoms with Crippen LogP contribution in [0, 0.1) is 0 Å². The number of esters is 1. The third kappa shape index (κ3) is 4.13. The van der Waals surface area contributed by atoms with Crippen molar-refractivity contribution in [2.75, 3.05) is 11.9 Å². The number of rotatable bonds is 4. The summed E-state index contributed by atoms with van der Waals surface area (Å²) in [7, 11) is 0. The van der Waals surface area contributed by atoms with Crippen LogP contribution in [0.25, 0.3) is 11.0 Å². The van der Waals surface area contributed by atoms with Crippen LogP contribution in [0.2, 0.25) is 0 Å². The first-order valence-corrected chi connectivity index (χ1v) is 8.08. The van der Waals surface area contributed by atoms with Crippen LogP contribution >= 0.6 is 15.9 Å². The van der Waals surface area contributed by atoms with Crippen molar-refractivity contribution >= 4 is 44.5 Å². The number of benzene rings is 2. The molecule has 2 aromatic carbocycles. The minimum absolute atomic E-state index is 0.251. The number of nitrogens with one attached hydrogen (secondary N) is 1. The molecular formula is C18H12BrNO5. The van der Waals surface area contributed by atoms with Gasteiger partial charge in [-0.25, -0.2) is 4.79 Å². The van der Waals surface area contributed by atoms with Crippen molar-refractivity contribution in [1.82, 2.24) is 0 Å². The highest BCUT2D eigenvalue weighted by Crippen LogP contribution is 2.16. The maximum absolute atomic E-state index is 12.0. The van der Waals surface area contributed by atoms with Gasteiger partial charge in [0.1, 0.15) is 5.58 Å². The van der Waals surface area contributed by atoms with Gasteiger partial charge in [0, 0.05) is 16.2 Å². The molecule has 1 aromatic heterocycles. The van der Waals surface area contributed by atoms with Gasteiger partial charge in [-0.1, -0.05) is 34.1 Å². The Morgan fingerprint density at radius 3 is 2.68 bits per heavy atom. The average Bonchev–Trinajstić information content (AvgIpc) is 2.59. The van der Waals surface area contributed by atoms with Crippen molar-refractivity contribution in [3.63, 3.8) is 0 Å². The maximum Gasteiger partial charge on any atom is 0.374 e. The predicted molar refractivity (Wildman–Crippen MR) is 95.5 cm³/mol. The van der Waals surface area contributed by atoms with E-state index in [2.05, 4.69) is 21.2 Å². The molecule has 0 bridgehead atoms. The van der Waals surface area contributed by atoms with Crippen molar-refractivity contribution in [2.45, 2.75) is 0 Å². The molecule has 1 N–H and O–H groups in total. The normalized spacial score (nSPS) is 10.4. The molecule has 1 heterocycles. The van der Waals surface area contributed by atoms with Crippen LogP contribution in [0.4, 0.5) is 5.69 Å². The van der Waals surface area contributed by atoms with Gasteiger partial charge in [-0.15, -0.1) is 0 Å². The molecule has 0 aliphatic rings. The fraction of sp³-hybridized carbons (Fsp3) is 0.0556. The van der Waals surface area contributed by atoms with E-state index in [0.717, 1.165) is 10.5 Å². The van der Waals surface area contributed by atoms with Gasteiger partial charge in [-0.05, 0) is 30.3 Å². The monoisotopic (exact) mass is 401 g/mol. The van der Waals surface area contributed by atoms with Crippen LogP contribution in [0.1, 0.15) is 10.6 Å². The largest absolute Gasteiger partial charge is 0.450 e. The van der Waals surface area contributed by atoms with Crippen LogP contribution in [-0.2, 0) is 9.53 Å². The van der Waals surface area contributed by atoms with E-state index >= 15 is 0 Å². The van der Waals surface area contributed by atoms with E-state index in [1.54, 1.807) is 42.5 Å². The molecule has 0 fully saturated rings. The van der Waals surface area contributed by atoms with E-state index in [1.165, 1.54) is 0 Å². The zero-order chi connectivity index (χ0) is 17.8. The fourth-order valence-electron chi connectivity index (χ4n) is 2.17. The Labute approximate surface area is 150 Å². The Morgan fingerprint density at radius 1 is 1.08 bits per heavy atom. The zero-order valence-corrected chi connectivity index (χ0v) is 14.4. The molecule has 0 atom stereocenters. The fourth-order valence-corrected chi connectivity index (χ4v) is 2.57. The lowest BCUT2D eigenvalue weighted by Gasteiger charge is -2.07. The molecule has 25 heavy (non-hydrogen) atoms. The summed E-state index contributed by atoms with van der Waals surface area (Å²) in [6.45, 7) is -0.498. The van der Waals surface area contributed by atoms with Crippen molar-refractivity contribution in [3.05, 3.63) is 75.1 Å². The van der Waals surface area contributed by atoms with Gasteiger partial charge in [-0.3, -0.25) is 9.59 Å². The van der Waals surface area contributed by atoms with Gasteiger partial charge in [0.2, 0.25) is 5.76 Å². The molecule has 7 heteroatoms. The Balaban J connectivity index is 1.66. The zero-order valence-electron chi connectivity index (χ0n) is 12.8. The first-order valence-electron chi connectivity index (χ1n) is 7.28. The van der Waals surface area contributed by atoms with Gasteiger partial charge in [-0.2, -0.15) is 0 Å². The number of halogens is 1. The van der Waals surface area contributed by atoms with E-state index in [0.29, 0.717) is 11.1 Å². The molecule has 0 saturated carbocycles. The summed E-state index contributed by atoms with van der Waals surface area (Å²) < 4.78 is 11.1. The third-order valence-electron chi connectivity index (χ3n) is 3.28. The van der Waals surface area contributed by atoms with Gasteiger partial charge in [0.05, 0.1) is 5.39 Å². The van der Waals surface area contributed by atoms with Crippen molar-refractivity contribution in [2.24, 2.45) is 0 Å². The molecule has 3 aromatic rings. The second-order valence-electron chi connectivity index (χ2n) is 5.11. The number of fused-ring (bicyclic) bond motifs is 1. The first-order chi connectivity index (χ1) is 12.0. The molecule has 0 unspecified atom stereocenters. The van der Waals surface area contributed by atoms with Crippen LogP contribution in [0.15, 0.2) is 68.3 Å². The number of anilines is 1. The molecule has 1 amide bonds. The van der Waals surface area contributed by atoms with Crippen LogP contribution in [0.3, 0.4) is 0 Å². The molecule has 126 valence electrons. The topological polar surface area (TPSA) is 85.6 Å². The molecule has 0 aliphatic carbocycles. The van der Waals surface area contributed by atoms with Gasteiger partial charge in [0.15, 0.2) is 12.0 Å². The molecule has 3 rings (SSSR count). The van der Waals surface area contributed by atoms with Crippen molar-refractivity contribution in [1.29, 1.82) is 0 Å². The summed E-state index contributed by atoms with van der Waals surface area (Å²) in [5.41, 5.74) is 0.487. The number of carbonyl (C=O) groups is 2. The Morgan fingerprint density at radius 2 is 1.88 bits per heavy atom. The standard InChI is InChI=1S/C18H12BrNO5/c19-11-4-3-5-12(8-11)20-17(22)10-24-18(23)16-9-14(21)13-6-1-2-7-15(13)25-16/h1-9H,10H2,(H,20,22). The van der Waals surface area contributed by atoms with E-state index in [9.17, 15) is 14.4 Å². The lowest BCUT2D eigenvalue weighted by atomic mass is 10.2. The van der Waals surface area contributed by atoms with Crippen LogP contribution in [0.5, 0.6) is 0 Å². The molecule has 0 radical (unpaired) electrons. The Hall–Kier alpha value is -2.93. The highest BCUT2D eigenvalue weighted by Gasteiger charge is 2.15. The van der Waals surface area contributed by atoms with E-state index < -0.39 is 18.5 Å². The summed E-state index contributed by atoms with van der Waals surface area (Å²) in [4.78, 5) is 35.8. The van der Waals surface area contributed by atoms with Gasteiger partial charge in [0.25, 0.3) is 5.91 Å². The second kappa shape index (κ2) is 7.31. The molecule has 0 saturated heterocycles. The summed E-state index contributed by atoms with van der Waals surface area (Å²) in [6, 6.07) is 14.6. The van der Waals surface area contributed by atoms with E-state index in [1.807, 2.05) is 6.07 Å². The van der Waals surface area contributed by atoms with E-state index in [4.69, 9.17) is 9.15 Å². The smallest absolute Gasteiger partial charge is 0.374 e. The number of para-hydroxylation sites is 1. The van der Waals surface area contributed by atoms with Crippen LogP contribution < -0.4 is 10.7 Å². The van der Waals surface area contributed by atoms with Gasteiger partial charge >= 0.3 is 5.97 Å². The number of carbonyl (C=O) groups excluding carboxylic acids is 2. The molecule has 6 nitrogen and oxygen atoms in total. The maximum atomic E-state index is 12.0. The molecular weight excluding hydrogens is 390 g/mol. The summed E-state index contributed by atoms with van der Waals surface area (Å²) in [5.74, 6) is -1.64. The number of ether oxygens (including phenoxy) is 1. The summed E-state index contributed by atoms with van der Waals surface area (Å²) in [6.07, 6.45) is 0. The summed E-state index contributed by atoms with van der Waals surface area (Å²) >= 11 is 3.29. The third-order valence-corrected chi connectivity index (χ3v) is 3.77. The average molecular weight is 402 g/mol. The predicted octanol–water partition coefficient (Wildman–Crippen LogP) is 3.35. The Kier molecular flexibility index (Phi) is 4.95. The highest BCUT2D eigenvalue weighted by molar-refractivity contribution is 9.10. The summed E-state index contributed by atoms with van der Waals surface area (Å²) in [5, 5.41) is 2.96. The quantitative estimate of drug-likeness (QED) is 0.677. The molecule has 0 aliphatic heterocycles. The first kappa shape index (κ1) is 16.9. The minimum atomic E-state index is -0.882. The Bertz CT molecular complexity index is 1010. The number of amides is 1. The minimum Gasteiger partial charge on any atom is -0.450 e. The molecule has 0 spiro atoms. The lowest BCUT2D eigenvalue weighted by molar-refractivity contribution is -0.119. The van der Waals surface area contributed by atoms with Crippen LogP contribution in [-0.4, -0.2) is 18.5 Å². The second-order valence-corrected chi connectivity index (χ2v) is 6.02. The highest BCUT2D eigenvalue weighted by atomic mass is 79.9. The number of hydrogen-bond donors (Lipinski definition) is 1. The number of hydrogen-bond acceptors (Lipinski definition) is 5. The SMILES string of the molecule is O=C(COC(=O)c1cc(=O)c2ccccc2o1)Nc1cccc(Br)c1. The van der Waals surface area contributed by atoms with E-state index in [-0.39, 0.29) is 16.8 Å². The lowest BCUT2D eigenvalue weighted by Crippen LogP contribution is -2.21. The van der Waals surface area contributed by atoms with Gasteiger partial charge < -0.3 is 14.5 Å².